The summed E-state index contributed by atoms with van der Waals surface area (Å²) in [5.74, 6) is 0. The van der Waals surface area contributed by atoms with E-state index in [-0.39, 0.29) is 0 Å². The molecule has 1 aliphatic heterocycles. The minimum Gasteiger partial charge on any atom is -0.314 e. The number of rotatable bonds is 5. The van der Waals surface area contributed by atoms with E-state index >= 15 is 0 Å². The van der Waals surface area contributed by atoms with E-state index in [1.54, 1.807) is 0 Å². The molecule has 19 heavy (non-hydrogen) atoms. The van der Waals surface area contributed by atoms with Crippen LogP contribution in [0.15, 0.2) is 12.1 Å². The summed E-state index contributed by atoms with van der Waals surface area (Å²) in [6.07, 6.45) is 5.35. The van der Waals surface area contributed by atoms with Crippen molar-refractivity contribution < 1.29 is 0 Å². The summed E-state index contributed by atoms with van der Waals surface area (Å²) in [5.41, 5.74) is 5.67. The molecule has 1 saturated heterocycles. The highest BCUT2D eigenvalue weighted by molar-refractivity contribution is 5.37. The molecule has 106 valence electrons. The van der Waals surface area contributed by atoms with E-state index in [0.29, 0.717) is 0 Å². The van der Waals surface area contributed by atoms with Crippen LogP contribution >= 0.6 is 0 Å². The molecule has 1 unspecified atom stereocenters. The lowest BCUT2D eigenvalue weighted by atomic mass is 9.99. The second-order valence-electron chi connectivity index (χ2n) is 5.99. The molecule has 0 aliphatic carbocycles. The van der Waals surface area contributed by atoms with Crippen molar-refractivity contribution in [3.8, 4) is 0 Å². The van der Waals surface area contributed by atoms with Crippen molar-refractivity contribution in [1.82, 2.24) is 10.6 Å². The number of aryl methyl sites for hydroxylation is 3. The zero-order valence-electron chi connectivity index (χ0n) is 12.7. The van der Waals surface area contributed by atoms with Gasteiger partial charge in [-0.15, -0.1) is 0 Å². The molecule has 1 aromatic carbocycles. The first-order valence-corrected chi connectivity index (χ1v) is 7.67. The van der Waals surface area contributed by atoms with Gasteiger partial charge in [-0.25, -0.2) is 0 Å². The Bertz CT molecular complexity index is 383. The third kappa shape index (κ3) is 4.32. The maximum atomic E-state index is 3.61. The molecule has 0 radical (unpaired) electrons. The topological polar surface area (TPSA) is 24.1 Å². The molecule has 0 spiro atoms. The minimum atomic E-state index is 0.737. The SMILES string of the molecule is Cc1cc(C)c(CNCCC2CCCCN2)c(C)c1. The minimum absolute atomic E-state index is 0.737. The number of piperidine rings is 1. The zero-order valence-corrected chi connectivity index (χ0v) is 12.7. The van der Waals surface area contributed by atoms with Crippen molar-refractivity contribution in [2.75, 3.05) is 13.1 Å². The van der Waals surface area contributed by atoms with Crippen LogP contribution in [0.25, 0.3) is 0 Å². The molecule has 0 aromatic heterocycles. The van der Waals surface area contributed by atoms with Gasteiger partial charge in [0.05, 0.1) is 0 Å². The first kappa shape index (κ1) is 14.5. The van der Waals surface area contributed by atoms with E-state index < -0.39 is 0 Å². The predicted molar refractivity (Wildman–Crippen MR) is 82.6 cm³/mol. The zero-order chi connectivity index (χ0) is 13.7. The van der Waals surface area contributed by atoms with Crippen LogP contribution in [0.4, 0.5) is 0 Å². The van der Waals surface area contributed by atoms with Crippen molar-refractivity contribution in [3.63, 3.8) is 0 Å². The molecule has 2 rings (SSSR count). The van der Waals surface area contributed by atoms with E-state index in [4.69, 9.17) is 0 Å². The van der Waals surface area contributed by atoms with Crippen molar-refractivity contribution in [3.05, 3.63) is 34.4 Å². The fourth-order valence-corrected chi connectivity index (χ4v) is 3.15. The van der Waals surface area contributed by atoms with Gasteiger partial charge < -0.3 is 10.6 Å². The summed E-state index contributed by atoms with van der Waals surface area (Å²) in [4.78, 5) is 0. The highest BCUT2D eigenvalue weighted by Gasteiger charge is 2.11. The first-order chi connectivity index (χ1) is 9.16. The summed E-state index contributed by atoms with van der Waals surface area (Å²) in [7, 11) is 0. The van der Waals surface area contributed by atoms with E-state index in [1.807, 2.05) is 0 Å². The van der Waals surface area contributed by atoms with Gasteiger partial charge in [-0.2, -0.15) is 0 Å². The van der Waals surface area contributed by atoms with Crippen molar-refractivity contribution >= 4 is 0 Å². The molecule has 1 fully saturated rings. The smallest absolute Gasteiger partial charge is 0.0210 e. The van der Waals surface area contributed by atoms with Crippen LogP contribution in [-0.2, 0) is 6.54 Å². The molecule has 1 aromatic rings. The molecule has 0 amide bonds. The van der Waals surface area contributed by atoms with Crippen LogP contribution in [0.5, 0.6) is 0 Å². The number of benzene rings is 1. The maximum Gasteiger partial charge on any atom is 0.0210 e. The van der Waals surface area contributed by atoms with Crippen molar-refractivity contribution in [2.45, 2.75) is 59.0 Å². The number of hydrogen-bond donors (Lipinski definition) is 2. The average molecular weight is 260 g/mol. The van der Waals surface area contributed by atoms with E-state index in [2.05, 4.69) is 43.5 Å². The van der Waals surface area contributed by atoms with Gasteiger partial charge in [-0.1, -0.05) is 24.1 Å². The Morgan fingerprint density at radius 1 is 1.16 bits per heavy atom. The lowest BCUT2D eigenvalue weighted by molar-refractivity contribution is 0.376. The second kappa shape index (κ2) is 7.06. The third-order valence-corrected chi connectivity index (χ3v) is 4.22. The molecule has 2 N–H and O–H groups in total. The number of hydrogen-bond acceptors (Lipinski definition) is 2. The lowest BCUT2D eigenvalue weighted by Crippen LogP contribution is -2.36. The van der Waals surface area contributed by atoms with Gasteiger partial charge in [0.2, 0.25) is 0 Å². The summed E-state index contributed by atoms with van der Waals surface area (Å²) in [5, 5.41) is 7.22. The van der Waals surface area contributed by atoms with Gasteiger partial charge in [-0.3, -0.25) is 0 Å². The predicted octanol–water partition coefficient (Wildman–Crippen LogP) is 3.23. The summed E-state index contributed by atoms with van der Waals surface area (Å²) >= 11 is 0. The van der Waals surface area contributed by atoms with Gasteiger partial charge in [0.1, 0.15) is 0 Å². The largest absolute Gasteiger partial charge is 0.314 e. The van der Waals surface area contributed by atoms with Crippen LogP contribution < -0.4 is 10.6 Å². The molecule has 1 heterocycles. The summed E-state index contributed by atoms with van der Waals surface area (Å²) < 4.78 is 0. The quantitative estimate of drug-likeness (QED) is 0.794. The van der Waals surface area contributed by atoms with Crippen LogP contribution in [0.1, 0.15) is 47.9 Å². The average Bonchev–Trinajstić information content (AvgIpc) is 2.38. The van der Waals surface area contributed by atoms with E-state index in [1.165, 1.54) is 54.5 Å². The van der Waals surface area contributed by atoms with Crippen molar-refractivity contribution in [1.29, 1.82) is 0 Å². The Labute approximate surface area is 118 Å². The first-order valence-electron chi connectivity index (χ1n) is 7.67. The molecule has 0 saturated carbocycles. The van der Waals surface area contributed by atoms with Crippen LogP contribution in [0, 0.1) is 20.8 Å². The molecule has 2 nitrogen and oxygen atoms in total. The van der Waals surface area contributed by atoms with Gasteiger partial charge in [0.15, 0.2) is 0 Å². The van der Waals surface area contributed by atoms with Gasteiger partial charge in [0, 0.05) is 12.6 Å². The van der Waals surface area contributed by atoms with Gasteiger partial charge in [0.25, 0.3) is 0 Å². The maximum absolute atomic E-state index is 3.61. The Balaban J connectivity index is 1.76. The van der Waals surface area contributed by atoms with Crippen LogP contribution in [0.3, 0.4) is 0 Å². The second-order valence-corrected chi connectivity index (χ2v) is 5.99. The Morgan fingerprint density at radius 3 is 2.53 bits per heavy atom. The molecule has 0 bridgehead atoms. The van der Waals surface area contributed by atoms with E-state index in [0.717, 1.165) is 19.1 Å². The Kier molecular flexibility index (Phi) is 5.41. The highest BCUT2D eigenvalue weighted by Crippen LogP contribution is 2.16. The molecular formula is C17H28N2. The molecular weight excluding hydrogens is 232 g/mol. The van der Waals surface area contributed by atoms with Gasteiger partial charge in [-0.05, 0) is 69.8 Å². The van der Waals surface area contributed by atoms with Crippen molar-refractivity contribution in [2.24, 2.45) is 0 Å². The summed E-state index contributed by atoms with van der Waals surface area (Å²) in [6.45, 7) is 9.95. The van der Waals surface area contributed by atoms with Crippen LogP contribution in [-0.4, -0.2) is 19.1 Å². The monoisotopic (exact) mass is 260 g/mol. The molecule has 1 aliphatic rings. The number of nitrogens with one attached hydrogen (secondary N) is 2. The normalized spacial score (nSPS) is 19.6. The van der Waals surface area contributed by atoms with Gasteiger partial charge >= 0.3 is 0 Å². The Hall–Kier alpha value is -0.860. The van der Waals surface area contributed by atoms with Crippen LogP contribution in [0.2, 0.25) is 0 Å². The highest BCUT2D eigenvalue weighted by atomic mass is 14.9. The molecule has 2 heteroatoms. The third-order valence-electron chi connectivity index (χ3n) is 4.22. The standard InChI is InChI=1S/C17H28N2/c1-13-10-14(2)17(15(3)11-13)12-18-9-7-16-6-4-5-8-19-16/h10-11,16,18-19H,4-9,12H2,1-3H3. The Morgan fingerprint density at radius 2 is 1.89 bits per heavy atom. The fourth-order valence-electron chi connectivity index (χ4n) is 3.15. The van der Waals surface area contributed by atoms with E-state index in [9.17, 15) is 0 Å². The molecule has 1 atom stereocenters. The lowest BCUT2D eigenvalue weighted by Gasteiger charge is -2.23. The summed E-state index contributed by atoms with van der Waals surface area (Å²) in [6, 6.07) is 5.31. The fraction of sp³-hybridized carbons (Fsp3) is 0.647.